The van der Waals surface area contributed by atoms with Crippen molar-refractivity contribution in [1.29, 1.82) is 0 Å². The molecule has 0 spiro atoms. The lowest BCUT2D eigenvalue weighted by Gasteiger charge is -2.36. The van der Waals surface area contributed by atoms with Gasteiger partial charge >= 0.3 is 6.03 Å². The molecule has 27 heavy (non-hydrogen) atoms. The van der Waals surface area contributed by atoms with Gasteiger partial charge in [0.15, 0.2) is 11.5 Å². The van der Waals surface area contributed by atoms with Gasteiger partial charge in [0.2, 0.25) is 0 Å². The molecule has 4 rings (SSSR count). The van der Waals surface area contributed by atoms with Gasteiger partial charge in [0.1, 0.15) is 13.2 Å². The van der Waals surface area contributed by atoms with E-state index in [2.05, 4.69) is 22.3 Å². The van der Waals surface area contributed by atoms with Crippen LogP contribution in [0.3, 0.4) is 0 Å². The van der Waals surface area contributed by atoms with Crippen LogP contribution in [-0.2, 0) is 0 Å². The Morgan fingerprint density at radius 2 is 1.67 bits per heavy atom. The summed E-state index contributed by atoms with van der Waals surface area (Å²) in [6.45, 7) is 8.18. The number of ether oxygens (including phenoxy) is 2. The Morgan fingerprint density at radius 3 is 2.44 bits per heavy atom. The molecule has 0 bridgehead atoms. The van der Waals surface area contributed by atoms with Crippen LogP contribution in [0, 0.1) is 13.8 Å². The van der Waals surface area contributed by atoms with Crippen molar-refractivity contribution in [3.05, 3.63) is 47.5 Å². The molecule has 2 aliphatic rings. The van der Waals surface area contributed by atoms with E-state index in [4.69, 9.17) is 9.47 Å². The fourth-order valence-corrected chi connectivity index (χ4v) is 3.46. The number of aryl methyl sites for hydroxylation is 2. The Bertz CT molecular complexity index is 845. The van der Waals surface area contributed by atoms with E-state index in [1.165, 1.54) is 0 Å². The van der Waals surface area contributed by atoms with Crippen molar-refractivity contribution in [1.82, 2.24) is 4.90 Å². The minimum atomic E-state index is -0.0366. The zero-order valence-electron chi connectivity index (χ0n) is 15.8. The molecule has 0 aromatic heterocycles. The summed E-state index contributed by atoms with van der Waals surface area (Å²) in [6, 6.07) is 12.1. The van der Waals surface area contributed by atoms with Crippen LogP contribution in [-0.4, -0.2) is 50.3 Å². The van der Waals surface area contributed by atoms with Gasteiger partial charge < -0.3 is 24.6 Å². The number of carbonyl (C=O) groups excluding carboxylic acids is 1. The van der Waals surface area contributed by atoms with Gasteiger partial charge in [-0.1, -0.05) is 12.1 Å². The van der Waals surface area contributed by atoms with Crippen LogP contribution < -0.4 is 19.7 Å². The highest BCUT2D eigenvalue weighted by molar-refractivity contribution is 5.90. The maximum absolute atomic E-state index is 12.6. The Balaban J connectivity index is 1.37. The molecule has 1 N–H and O–H groups in total. The van der Waals surface area contributed by atoms with Crippen LogP contribution in [0.5, 0.6) is 11.5 Å². The van der Waals surface area contributed by atoms with Crippen molar-refractivity contribution >= 4 is 17.4 Å². The van der Waals surface area contributed by atoms with Gasteiger partial charge in [-0.05, 0) is 43.2 Å². The van der Waals surface area contributed by atoms with Crippen molar-refractivity contribution < 1.29 is 14.3 Å². The zero-order chi connectivity index (χ0) is 18.8. The van der Waals surface area contributed by atoms with Gasteiger partial charge in [-0.15, -0.1) is 0 Å². The van der Waals surface area contributed by atoms with E-state index in [0.717, 1.165) is 47.1 Å². The lowest BCUT2D eigenvalue weighted by Crippen LogP contribution is -2.50. The molecule has 1 saturated heterocycles. The minimum absolute atomic E-state index is 0.0366. The smallest absolute Gasteiger partial charge is 0.321 e. The summed E-state index contributed by atoms with van der Waals surface area (Å²) in [7, 11) is 0. The molecule has 1 fully saturated rings. The minimum Gasteiger partial charge on any atom is -0.486 e. The molecule has 142 valence electrons. The van der Waals surface area contributed by atoms with Crippen molar-refractivity contribution in [2.24, 2.45) is 0 Å². The molecule has 0 atom stereocenters. The van der Waals surface area contributed by atoms with Crippen LogP contribution >= 0.6 is 0 Å². The third-order valence-electron chi connectivity index (χ3n) is 5.09. The van der Waals surface area contributed by atoms with Gasteiger partial charge in [0.05, 0.1) is 0 Å². The van der Waals surface area contributed by atoms with Gasteiger partial charge in [-0.25, -0.2) is 4.79 Å². The Hall–Kier alpha value is -2.89. The highest BCUT2D eigenvalue weighted by atomic mass is 16.6. The first-order valence-corrected chi connectivity index (χ1v) is 9.38. The number of rotatable bonds is 2. The van der Waals surface area contributed by atoms with Crippen molar-refractivity contribution in [3.63, 3.8) is 0 Å². The predicted molar refractivity (Wildman–Crippen MR) is 106 cm³/mol. The molecule has 2 aliphatic heterocycles. The molecular weight excluding hydrogens is 342 g/mol. The molecule has 2 aromatic carbocycles. The number of fused-ring (bicyclic) bond motifs is 1. The molecule has 2 heterocycles. The lowest BCUT2D eigenvalue weighted by molar-refractivity contribution is 0.171. The number of urea groups is 1. The summed E-state index contributed by atoms with van der Waals surface area (Å²) < 4.78 is 11.3. The molecule has 2 amide bonds. The first-order chi connectivity index (χ1) is 13.1. The standard InChI is InChI=1S/C21H25N3O3/c1-15-3-4-16(2)18(13-15)22-21(25)24-9-7-23(8-10-24)17-5-6-19-20(14-17)27-12-11-26-19/h3-6,13-14H,7-12H2,1-2H3,(H,22,25). The molecule has 0 radical (unpaired) electrons. The van der Waals surface area contributed by atoms with E-state index < -0.39 is 0 Å². The number of nitrogens with zero attached hydrogens (tertiary/aromatic N) is 2. The monoisotopic (exact) mass is 367 g/mol. The molecule has 2 aromatic rings. The number of piperazine rings is 1. The predicted octanol–water partition coefficient (Wildman–Crippen LogP) is 3.43. The number of nitrogens with one attached hydrogen (secondary N) is 1. The van der Waals surface area contributed by atoms with E-state index in [1.807, 2.05) is 43.0 Å². The van der Waals surface area contributed by atoms with Gasteiger partial charge in [0, 0.05) is 43.6 Å². The molecule has 0 unspecified atom stereocenters. The summed E-state index contributed by atoms with van der Waals surface area (Å²) in [4.78, 5) is 16.8. The second-order valence-corrected chi connectivity index (χ2v) is 7.05. The van der Waals surface area contributed by atoms with E-state index >= 15 is 0 Å². The number of benzene rings is 2. The summed E-state index contributed by atoms with van der Waals surface area (Å²) in [5.41, 5.74) is 4.20. The third kappa shape index (κ3) is 3.79. The van der Waals surface area contributed by atoms with Crippen molar-refractivity contribution in [2.45, 2.75) is 13.8 Å². The molecular formula is C21H25N3O3. The second-order valence-electron chi connectivity index (χ2n) is 7.05. The number of amides is 2. The van der Waals surface area contributed by atoms with Gasteiger partial charge in [-0.3, -0.25) is 0 Å². The fourth-order valence-electron chi connectivity index (χ4n) is 3.46. The largest absolute Gasteiger partial charge is 0.486 e. The van der Waals surface area contributed by atoms with E-state index in [9.17, 15) is 4.79 Å². The maximum Gasteiger partial charge on any atom is 0.321 e. The normalized spacial score (nSPS) is 16.2. The topological polar surface area (TPSA) is 54.0 Å². The van der Waals surface area contributed by atoms with E-state index in [0.29, 0.717) is 26.3 Å². The van der Waals surface area contributed by atoms with Crippen molar-refractivity contribution in [2.75, 3.05) is 49.6 Å². The third-order valence-corrected chi connectivity index (χ3v) is 5.09. The SMILES string of the molecule is Cc1ccc(C)c(NC(=O)N2CCN(c3ccc4c(c3)OCCO4)CC2)c1. The molecule has 0 aliphatic carbocycles. The van der Waals surface area contributed by atoms with Crippen LogP contribution in [0.25, 0.3) is 0 Å². The quantitative estimate of drug-likeness (QED) is 0.884. The number of carbonyl (C=O) groups is 1. The number of hydrogen-bond donors (Lipinski definition) is 1. The first-order valence-electron chi connectivity index (χ1n) is 9.38. The van der Waals surface area contributed by atoms with E-state index in [-0.39, 0.29) is 6.03 Å². The van der Waals surface area contributed by atoms with E-state index in [1.54, 1.807) is 0 Å². The summed E-state index contributed by atoms with van der Waals surface area (Å²) in [5, 5.41) is 3.05. The summed E-state index contributed by atoms with van der Waals surface area (Å²) >= 11 is 0. The average Bonchev–Trinajstić information content (AvgIpc) is 2.70. The Morgan fingerprint density at radius 1 is 0.926 bits per heavy atom. The highest BCUT2D eigenvalue weighted by Gasteiger charge is 2.23. The van der Waals surface area contributed by atoms with Crippen LogP contribution in [0.4, 0.5) is 16.2 Å². The molecule has 6 nitrogen and oxygen atoms in total. The van der Waals surface area contributed by atoms with Gasteiger partial charge in [0.25, 0.3) is 0 Å². The number of anilines is 2. The Kier molecular flexibility index (Phi) is 4.79. The summed E-state index contributed by atoms with van der Waals surface area (Å²) in [5.74, 6) is 1.60. The molecule has 6 heteroatoms. The van der Waals surface area contributed by atoms with Crippen molar-refractivity contribution in [3.8, 4) is 11.5 Å². The fraction of sp³-hybridized carbons (Fsp3) is 0.381. The molecule has 0 saturated carbocycles. The zero-order valence-corrected chi connectivity index (χ0v) is 15.8. The number of hydrogen-bond acceptors (Lipinski definition) is 4. The first kappa shape index (κ1) is 17.5. The summed E-state index contributed by atoms with van der Waals surface area (Å²) in [6.07, 6.45) is 0. The lowest BCUT2D eigenvalue weighted by atomic mass is 10.1. The average molecular weight is 367 g/mol. The van der Waals surface area contributed by atoms with Crippen LogP contribution in [0.2, 0.25) is 0 Å². The van der Waals surface area contributed by atoms with Crippen LogP contribution in [0.1, 0.15) is 11.1 Å². The second kappa shape index (κ2) is 7.39. The van der Waals surface area contributed by atoms with Gasteiger partial charge in [-0.2, -0.15) is 0 Å². The maximum atomic E-state index is 12.6. The Labute approximate surface area is 159 Å². The highest BCUT2D eigenvalue weighted by Crippen LogP contribution is 2.34. The van der Waals surface area contributed by atoms with Crippen LogP contribution in [0.15, 0.2) is 36.4 Å².